The van der Waals surface area contributed by atoms with Gasteiger partial charge in [-0.1, -0.05) is 39.5 Å². The molecule has 1 aliphatic heterocycles. The largest absolute Gasteiger partial charge is 0.485 e. The van der Waals surface area contributed by atoms with Crippen LogP contribution < -0.4 is 5.32 Å². The van der Waals surface area contributed by atoms with E-state index in [1.165, 1.54) is 0 Å². The van der Waals surface area contributed by atoms with E-state index in [0.717, 1.165) is 63.6 Å². The van der Waals surface area contributed by atoms with Crippen molar-refractivity contribution in [1.82, 2.24) is 5.32 Å². The van der Waals surface area contributed by atoms with Crippen LogP contribution in [0.5, 0.6) is 0 Å². The third-order valence-corrected chi connectivity index (χ3v) is 4.16. The highest BCUT2D eigenvalue weighted by molar-refractivity contribution is 5.85. The maximum absolute atomic E-state index is 11.7. The van der Waals surface area contributed by atoms with Gasteiger partial charge in [-0.05, 0) is 25.7 Å². The van der Waals surface area contributed by atoms with Gasteiger partial charge in [-0.25, -0.2) is 4.79 Å². The van der Waals surface area contributed by atoms with E-state index in [2.05, 4.69) is 19.2 Å². The summed E-state index contributed by atoms with van der Waals surface area (Å²) >= 11 is 0. The van der Waals surface area contributed by atoms with Gasteiger partial charge in [-0.15, -0.1) is 0 Å². The maximum Gasteiger partial charge on any atom is 0.373 e. The number of rotatable bonds is 12. The number of hydrogen-bond donors (Lipinski definition) is 2. The molecule has 0 aromatic heterocycles. The van der Waals surface area contributed by atoms with Gasteiger partial charge >= 0.3 is 5.97 Å². The molecule has 5 heteroatoms. The zero-order valence-electron chi connectivity index (χ0n) is 14.7. The average molecular weight is 327 g/mol. The fourth-order valence-corrected chi connectivity index (χ4v) is 2.78. The first kappa shape index (κ1) is 19.8. The van der Waals surface area contributed by atoms with E-state index in [0.29, 0.717) is 19.8 Å². The maximum atomic E-state index is 11.7. The SMILES string of the molecule is CCCCCNC(=C(OCCCCC)C(=O)O)C1CCOCC1. The van der Waals surface area contributed by atoms with Crippen LogP contribution in [0.2, 0.25) is 0 Å². The first-order valence-electron chi connectivity index (χ1n) is 9.12. The van der Waals surface area contributed by atoms with Crippen molar-refractivity contribution in [3.8, 4) is 0 Å². The van der Waals surface area contributed by atoms with Crippen LogP contribution in [0.4, 0.5) is 0 Å². The van der Waals surface area contributed by atoms with Crippen LogP contribution in [-0.2, 0) is 14.3 Å². The van der Waals surface area contributed by atoms with E-state index < -0.39 is 5.97 Å². The molecular formula is C18H33NO4. The molecule has 1 saturated heterocycles. The van der Waals surface area contributed by atoms with E-state index >= 15 is 0 Å². The Morgan fingerprint density at radius 2 is 1.78 bits per heavy atom. The van der Waals surface area contributed by atoms with Crippen molar-refractivity contribution in [3.05, 3.63) is 11.5 Å². The summed E-state index contributed by atoms with van der Waals surface area (Å²) in [6.07, 6.45) is 8.10. The third kappa shape index (κ3) is 7.73. The van der Waals surface area contributed by atoms with Crippen molar-refractivity contribution in [1.29, 1.82) is 0 Å². The monoisotopic (exact) mass is 327 g/mol. The van der Waals surface area contributed by atoms with Crippen molar-refractivity contribution in [2.24, 2.45) is 5.92 Å². The van der Waals surface area contributed by atoms with E-state index in [4.69, 9.17) is 9.47 Å². The van der Waals surface area contributed by atoms with Gasteiger partial charge in [0, 0.05) is 25.7 Å². The summed E-state index contributed by atoms with van der Waals surface area (Å²) in [6, 6.07) is 0. The van der Waals surface area contributed by atoms with E-state index in [1.54, 1.807) is 0 Å². The van der Waals surface area contributed by atoms with E-state index in [1.807, 2.05) is 0 Å². The van der Waals surface area contributed by atoms with Crippen LogP contribution in [-0.4, -0.2) is 37.4 Å². The highest BCUT2D eigenvalue weighted by atomic mass is 16.5. The minimum Gasteiger partial charge on any atom is -0.485 e. The summed E-state index contributed by atoms with van der Waals surface area (Å²) in [5.74, 6) is -0.655. The number of hydrogen-bond acceptors (Lipinski definition) is 4. The molecule has 0 aromatic rings. The molecule has 0 bridgehead atoms. The molecule has 0 amide bonds. The summed E-state index contributed by atoms with van der Waals surface area (Å²) in [5, 5.41) is 12.9. The second kappa shape index (κ2) is 12.2. The predicted molar refractivity (Wildman–Crippen MR) is 91.2 cm³/mol. The summed E-state index contributed by atoms with van der Waals surface area (Å²) in [6.45, 7) is 6.93. The molecule has 1 heterocycles. The number of aliphatic carboxylic acids is 1. The summed E-state index contributed by atoms with van der Waals surface area (Å²) in [4.78, 5) is 11.7. The van der Waals surface area contributed by atoms with Crippen molar-refractivity contribution >= 4 is 5.97 Å². The summed E-state index contributed by atoms with van der Waals surface area (Å²) in [5.41, 5.74) is 0.772. The van der Waals surface area contributed by atoms with Gasteiger partial charge in [0.25, 0.3) is 0 Å². The molecule has 1 rings (SSSR count). The molecule has 0 aromatic carbocycles. The average Bonchev–Trinajstić information content (AvgIpc) is 2.56. The standard InChI is InChI=1S/C18H33NO4/c1-3-5-7-11-19-16(15-9-13-22-14-10-15)17(18(20)21)23-12-8-6-4-2/h15,19H,3-14H2,1-2H3,(H,20,21). The Bertz CT molecular complexity index is 362. The first-order valence-corrected chi connectivity index (χ1v) is 9.12. The Morgan fingerprint density at radius 3 is 2.39 bits per heavy atom. The van der Waals surface area contributed by atoms with Crippen LogP contribution in [0, 0.1) is 5.92 Å². The molecule has 23 heavy (non-hydrogen) atoms. The molecule has 0 saturated carbocycles. The molecule has 5 nitrogen and oxygen atoms in total. The summed E-state index contributed by atoms with van der Waals surface area (Å²) < 4.78 is 11.1. The zero-order chi connectivity index (χ0) is 16.9. The van der Waals surface area contributed by atoms with Gasteiger partial charge in [-0.3, -0.25) is 0 Å². The van der Waals surface area contributed by atoms with Crippen LogP contribution in [0.3, 0.4) is 0 Å². The quantitative estimate of drug-likeness (QED) is 0.325. The minimum absolute atomic E-state index is 0.115. The first-order chi connectivity index (χ1) is 11.2. The van der Waals surface area contributed by atoms with Crippen molar-refractivity contribution < 1.29 is 19.4 Å². The molecule has 134 valence electrons. The molecule has 0 atom stereocenters. The number of allylic oxidation sites excluding steroid dienone is 1. The molecule has 0 unspecified atom stereocenters. The Kier molecular flexibility index (Phi) is 10.5. The van der Waals surface area contributed by atoms with E-state index in [-0.39, 0.29) is 11.7 Å². The number of carbonyl (C=O) groups is 1. The number of unbranched alkanes of at least 4 members (excludes halogenated alkanes) is 4. The normalized spacial score (nSPS) is 16.8. The Morgan fingerprint density at radius 1 is 1.13 bits per heavy atom. The van der Waals surface area contributed by atoms with Crippen LogP contribution >= 0.6 is 0 Å². The fraction of sp³-hybridized carbons (Fsp3) is 0.833. The molecule has 0 radical (unpaired) electrons. The number of carboxylic acid groups (broad SMARTS) is 1. The van der Waals surface area contributed by atoms with Crippen molar-refractivity contribution in [3.63, 3.8) is 0 Å². The van der Waals surface area contributed by atoms with Gasteiger partial charge in [0.15, 0.2) is 0 Å². The lowest BCUT2D eigenvalue weighted by atomic mass is 9.95. The summed E-state index contributed by atoms with van der Waals surface area (Å²) in [7, 11) is 0. The third-order valence-electron chi connectivity index (χ3n) is 4.16. The van der Waals surface area contributed by atoms with Gasteiger partial charge < -0.3 is 19.9 Å². The van der Waals surface area contributed by atoms with Crippen molar-refractivity contribution in [2.75, 3.05) is 26.4 Å². The Hall–Kier alpha value is -1.23. The fourth-order valence-electron chi connectivity index (χ4n) is 2.78. The van der Waals surface area contributed by atoms with Gasteiger partial charge in [-0.2, -0.15) is 0 Å². The minimum atomic E-state index is -0.967. The predicted octanol–water partition coefficient (Wildman–Crippen LogP) is 3.70. The number of ether oxygens (including phenoxy) is 2. The van der Waals surface area contributed by atoms with Gasteiger partial charge in [0.05, 0.1) is 12.3 Å². The van der Waals surface area contributed by atoms with Crippen molar-refractivity contribution in [2.45, 2.75) is 65.2 Å². The lowest BCUT2D eigenvalue weighted by molar-refractivity contribution is -0.137. The second-order valence-corrected chi connectivity index (χ2v) is 6.12. The van der Waals surface area contributed by atoms with Gasteiger partial charge in [0.2, 0.25) is 5.76 Å². The van der Waals surface area contributed by atoms with E-state index in [9.17, 15) is 9.90 Å². The van der Waals surface area contributed by atoms with Gasteiger partial charge in [0.1, 0.15) is 0 Å². The highest BCUT2D eigenvalue weighted by Crippen LogP contribution is 2.25. The number of carboxylic acids is 1. The smallest absolute Gasteiger partial charge is 0.373 e. The number of nitrogens with one attached hydrogen (secondary N) is 1. The lowest BCUT2D eigenvalue weighted by Gasteiger charge is -2.27. The topological polar surface area (TPSA) is 67.8 Å². The molecule has 2 N–H and O–H groups in total. The Labute approximate surface area is 140 Å². The molecule has 1 aliphatic rings. The molecule has 0 spiro atoms. The zero-order valence-corrected chi connectivity index (χ0v) is 14.7. The van der Waals surface area contributed by atoms with Crippen LogP contribution in [0.25, 0.3) is 0 Å². The molecular weight excluding hydrogens is 294 g/mol. The highest BCUT2D eigenvalue weighted by Gasteiger charge is 2.26. The van der Waals surface area contributed by atoms with Crippen LogP contribution in [0.1, 0.15) is 65.2 Å². The second-order valence-electron chi connectivity index (χ2n) is 6.12. The Balaban J connectivity index is 2.76. The molecule has 0 aliphatic carbocycles. The lowest BCUT2D eigenvalue weighted by Crippen LogP contribution is -2.30. The molecule has 1 fully saturated rings. The van der Waals surface area contributed by atoms with Crippen LogP contribution in [0.15, 0.2) is 11.5 Å².